The summed E-state index contributed by atoms with van der Waals surface area (Å²) in [4.78, 5) is 2.10. The van der Waals surface area contributed by atoms with E-state index in [0.717, 1.165) is 19.4 Å². The zero-order valence-electron chi connectivity index (χ0n) is 15.0. The molecule has 0 aliphatic rings. The molecular weight excluding hydrogens is 306 g/mol. The summed E-state index contributed by atoms with van der Waals surface area (Å²) in [6.45, 7) is 6.62. The highest BCUT2D eigenvalue weighted by Crippen LogP contribution is 2.13. The first kappa shape index (κ1) is 21.1. The maximum Gasteiger partial charge on any atom is 0.107 e. The lowest BCUT2D eigenvalue weighted by atomic mass is 9.96. The van der Waals surface area contributed by atoms with Gasteiger partial charge < -0.3 is 20.4 Å². The number of rotatable bonds is 11. The van der Waals surface area contributed by atoms with E-state index < -0.39 is 24.2 Å². The molecule has 0 unspecified atom stereocenters. The smallest absolute Gasteiger partial charge is 0.107 e. The minimum atomic E-state index is -1.26. The fourth-order valence-electron chi connectivity index (χ4n) is 2.71. The largest absolute Gasteiger partial charge is 0.396 e. The Morgan fingerprint density at radius 2 is 1.58 bits per heavy atom. The van der Waals surface area contributed by atoms with Crippen LogP contribution < -0.4 is 0 Å². The molecule has 0 aliphatic heterocycles. The van der Waals surface area contributed by atoms with E-state index >= 15 is 0 Å². The molecule has 0 radical (unpaired) electrons. The third-order valence-electron chi connectivity index (χ3n) is 4.52. The maximum absolute atomic E-state index is 10.2. The molecule has 0 aliphatic carbocycles. The predicted molar refractivity (Wildman–Crippen MR) is 95.7 cm³/mol. The van der Waals surface area contributed by atoms with Gasteiger partial charge in [0.15, 0.2) is 0 Å². The van der Waals surface area contributed by atoms with E-state index in [1.165, 1.54) is 5.56 Å². The predicted octanol–water partition coefficient (Wildman–Crippen LogP) is 1.04. The Morgan fingerprint density at radius 1 is 0.958 bits per heavy atom. The summed E-state index contributed by atoms with van der Waals surface area (Å²) in [6, 6.07) is 10.5. The van der Waals surface area contributed by atoms with Gasteiger partial charge in [0.05, 0.1) is 12.2 Å². The van der Waals surface area contributed by atoms with E-state index in [0.29, 0.717) is 6.54 Å². The van der Waals surface area contributed by atoms with Crippen molar-refractivity contribution in [3.63, 3.8) is 0 Å². The Kier molecular flexibility index (Phi) is 9.48. The molecule has 138 valence electrons. The SMILES string of the molecule is CC(C)N(CCCc1ccccc1)C[C@H](O)[C@@H](O)[C@H](O)[C@H](C)CO. The van der Waals surface area contributed by atoms with E-state index in [1.807, 2.05) is 32.0 Å². The lowest BCUT2D eigenvalue weighted by Crippen LogP contribution is -2.48. The molecule has 1 aromatic carbocycles. The van der Waals surface area contributed by atoms with Gasteiger partial charge in [-0.25, -0.2) is 0 Å². The molecule has 0 amide bonds. The van der Waals surface area contributed by atoms with Crippen molar-refractivity contribution in [1.82, 2.24) is 4.90 Å². The molecule has 0 fully saturated rings. The summed E-state index contributed by atoms with van der Waals surface area (Å²) < 4.78 is 0. The van der Waals surface area contributed by atoms with E-state index in [2.05, 4.69) is 17.0 Å². The highest BCUT2D eigenvalue weighted by molar-refractivity contribution is 5.14. The highest BCUT2D eigenvalue weighted by atomic mass is 16.4. The van der Waals surface area contributed by atoms with E-state index in [4.69, 9.17) is 5.11 Å². The van der Waals surface area contributed by atoms with Crippen LogP contribution >= 0.6 is 0 Å². The summed E-state index contributed by atoms with van der Waals surface area (Å²) >= 11 is 0. The Morgan fingerprint density at radius 3 is 2.12 bits per heavy atom. The summed E-state index contributed by atoms with van der Waals surface area (Å²) in [5.41, 5.74) is 1.29. The molecule has 1 rings (SSSR count). The van der Waals surface area contributed by atoms with Crippen LogP contribution in [0.3, 0.4) is 0 Å². The lowest BCUT2D eigenvalue weighted by Gasteiger charge is -2.33. The number of aliphatic hydroxyl groups excluding tert-OH is 4. The van der Waals surface area contributed by atoms with Crippen LogP contribution in [-0.4, -0.2) is 69.4 Å². The number of aryl methyl sites for hydroxylation is 1. The van der Waals surface area contributed by atoms with Crippen LogP contribution in [0.1, 0.15) is 32.8 Å². The van der Waals surface area contributed by atoms with Gasteiger partial charge in [0.1, 0.15) is 6.10 Å². The van der Waals surface area contributed by atoms with Crippen LogP contribution in [0.4, 0.5) is 0 Å². The van der Waals surface area contributed by atoms with Crippen molar-refractivity contribution in [2.75, 3.05) is 19.7 Å². The Labute approximate surface area is 145 Å². The molecule has 0 saturated heterocycles. The number of benzene rings is 1. The van der Waals surface area contributed by atoms with E-state index in [1.54, 1.807) is 6.92 Å². The van der Waals surface area contributed by atoms with E-state index in [-0.39, 0.29) is 12.6 Å². The molecule has 5 heteroatoms. The van der Waals surface area contributed by atoms with Gasteiger partial charge in [0, 0.05) is 25.1 Å². The Balaban J connectivity index is 2.49. The summed E-state index contributed by atoms with van der Waals surface area (Å²) in [5, 5.41) is 39.3. The molecule has 4 N–H and O–H groups in total. The molecule has 24 heavy (non-hydrogen) atoms. The number of hydrogen-bond acceptors (Lipinski definition) is 5. The molecule has 0 aromatic heterocycles. The lowest BCUT2D eigenvalue weighted by molar-refractivity contribution is -0.0940. The fraction of sp³-hybridized carbons (Fsp3) is 0.684. The first-order chi connectivity index (χ1) is 11.4. The molecular formula is C19H33NO4. The van der Waals surface area contributed by atoms with Crippen LogP contribution in [0.25, 0.3) is 0 Å². The van der Waals surface area contributed by atoms with Crippen LogP contribution in [-0.2, 0) is 6.42 Å². The van der Waals surface area contributed by atoms with E-state index in [9.17, 15) is 15.3 Å². The zero-order valence-corrected chi connectivity index (χ0v) is 15.0. The quantitative estimate of drug-likeness (QED) is 0.484. The topological polar surface area (TPSA) is 84.2 Å². The third kappa shape index (κ3) is 6.87. The monoisotopic (exact) mass is 339 g/mol. The van der Waals surface area contributed by atoms with Crippen LogP contribution in [0.5, 0.6) is 0 Å². The summed E-state index contributed by atoms with van der Waals surface area (Å²) in [6.07, 6.45) is -1.52. The standard InChI is InChI=1S/C19H33NO4/c1-14(2)20(11-7-10-16-8-5-4-6-9-16)12-17(22)19(24)18(23)15(3)13-21/h4-6,8-9,14-15,17-19,21-24H,7,10-13H2,1-3H3/t15-,17+,18-,19-/m1/s1. The molecule has 4 atom stereocenters. The van der Waals surface area contributed by atoms with Crippen molar-refractivity contribution in [1.29, 1.82) is 0 Å². The van der Waals surface area contributed by atoms with Crippen molar-refractivity contribution in [3.05, 3.63) is 35.9 Å². The van der Waals surface area contributed by atoms with Gasteiger partial charge in [-0.2, -0.15) is 0 Å². The van der Waals surface area contributed by atoms with Crippen molar-refractivity contribution in [2.45, 2.75) is 58.0 Å². The van der Waals surface area contributed by atoms with Crippen LogP contribution in [0.15, 0.2) is 30.3 Å². The Bertz CT molecular complexity index is 440. The molecule has 1 aromatic rings. The minimum Gasteiger partial charge on any atom is -0.396 e. The maximum atomic E-state index is 10.2. The van der Waals surface area contributed by atoms with Gasteiger partial charge in [-0.3, -0.25) is 4.90 Å². The van der Waals surface area contributed by atoms with Gasteiger partial charge in [-0.05, 0) is 38.8 Å². The van der Waals surface area contributed by atoms with Crippen LogP contribution in [0.2, 0.25) is 0 Å². The molecule has 0 saturated carbocycles. The second kappa shape index (κ2) is 10.8. The van der Waals surface area contributed by atoms with Gasteiger partial charge in [0.2, 0.25) is 0 Å². The normalized spacial score (nSPS) is 17.0. The number of aliphatic hydroxyl groups is 4. The number of hydrogen-bond donors (Lipinski definition) is 4. The molecule has 0 spiro atoms. The third-order valence-corrected chi connectivity index (χ3v) is 4.52. The van der Waals surface area contributed by atoms with Crippen molar-refractivity contribution in [2.24, 2.45) is 5.92 Å². The van der Waals surface area contributed by atoms with Crippen LogP contribution in [0, 0.1) is 5.92 Å². The second-order valence-corrected chi connectivity index (χ2v) is 6.89. The number of nitrogens with zero attached hydrogens (tertiary/aromatic N) is 1. The summed E-state index contributed by atoms with van der Waals surface area (Å²) in [5.74, 6) is -0.472. The zero-order chi connectivity index (χ0) is 18.1. The highest BCUT2D eigenvalue weighted by Gasteiger charge is 2.30. The minimum absolute atomic E-state index is 0.226. The molecule has 0 heterocycles. The van der Waals surface area contributed by atoms with Crippen molar-refractivity contribution in [3.8, 4) is 0 Å². The van der Waals surface area contributed by atoms with Gasteiger partial charge in [0.25, 0.3) is 0 Å². The van der Waals surface area contributed by atoms with Gasteiger partial charge in [-0.15, -0.1) is 0 Å². The molecule has 5 nitrogen and oxygen atoms in total. The molecule has 0 bridgehead atoms. The average molecular weight is 339 g/mol. The first-order valence-electron chi connectivity index (χ1n) is 8.79. The fourth-order valence-corrected chi connectivity index (χ4v) is 2.71. The second-order valence-electron chi connectivity index (χ2n) is 6.89. The van der Waals surface area contributed by atoms with Crippen molar-refractivity contribution < 1.29 is 20.4 Å². The summed E-state index contributed by atoms with van der Waals surface area (Å²) in [7, 11) is 0. The van der Waals surface area contributed by atoms with Gasteiger partial charge >= 0.3 is 0 Å². The first-order valence-corrected chi connectivity index (χ1v) is 8.79. The Hall–Kier alpha value is -0.980. The van der Waals surface area contributed by atoms with Gasteiger partial charge in [-0.1, -0.05) is 37.3 Å². The average Bonchev–Trinajstić information content (AvgIpc) is 2.59. The van der Waals surface area contributed by atoms with Crippen molar-refractivity contribution >= 4 is 0 Å².